The van der Waals surface area contributed by atoms with Gasteiger partial charge >= 0.3 is 6.16 Å². The molecule has 1 heterocycles. The predicted molar refractivity (Wildman–Crippen MR) is 96.7 cm³/mol. The van der Waals surface area contributed by atoms with Gasteiger partial charge in [0.05, 0.1) is 23.0 Å². The van der Waals surface area contributed by atoms with Crippen molar-refractivity contribution < 1.29 is 14.3 Å². The van der Waals surface area contributed by atoms with E-state index in [1.807, 2.05) is 30.3 Å². The SMILES string of the molecule is CCOC(=O)Oc1cc(-c2ccccc2)n(-c2ccc(Cl)cc2Cl)n1. The minimum Gasteiger partial charge on any atom is -0.434 e. The molecule has 0 unspecified atom stereocenters. The first-order valence-corrected chi connectivity index (χ1v) is 8.29. The second-order valence-electron chi connectivity index (χ2n) is 5.03. The Balaban J connectivity index is 2.08. The maximum Gasteiger partial charge on any atom is 0.515 e. The Hall–Kier alpha value is -2.50. The monoisotopic (exact) mass is 376 g/mol. The summed E-state index contributed by atoms with van der Waals surface area (Å²) in [6, 6.07) is 16.3. The van der Waals surface area contributed by atoms with Crippen LogP contribution in [0.4, 0.5) is 4.79 Å². The van der Waals surface area contributed by atoms with Crippen LogP contribution in [0, 0.1) is 0 Å². The van der Waals surface area contributed by atoms with Crippen molar-refractivity contribution in [3.63, 3.8) is 0 Å². The number of ether oxygens (including phenoxy) is 2. The largest absolute Gasteiger partial charge is 0.515 e. The molecule has 5 nitrogen and oxygen atoms in total. The molecule has 0 saturated carbocycles. The molecule has 7 heteroatoms. The molecular formula is C18H14Cl2N2O3. The van der Waals surface area contributed by atoms with Crippen molar-refractivity contribution in [2.75, 3.05) is 6.61 Å². The maximum absolute atomic E-state index is 11.6. The summed E-state index contributed by atoms with van der Waals surface area (Å²) in [6.07, 6.45) is -0.811. The molecule has 0 aliphatic carbocycles. The van der Waals surface area contributed by atoms with Crippen molar-refractivity contribution in [2.45, 2.75) is 6.92 Å². The van der Waals surface area contributed by atoms with Crippen LogP contribution in [0.3, 0.4) is 0 Å². The van der Waals surface area contributed by atoms with Crippen LogP contribution in [0.5, 0.6) is 5.88 Å². The molecular weight excluding hydrogens is 363 g/mol. The van der Waals surface area contributed by atoms with Crippen LogP contribution in [-0.4, -0.2) is 22.5 Å². The van der Waals surface area contributed by atoms with Crippen molar-refractivity contribution in [2.24, 2.45) is 0 Å². The Bertz CT molecular complexity index is 895. The number of benzene rings is 2. The van der Waals surface area contributed by atoms with Gasteiger partial charge in [-0.05, 0) is 25.1 Å². The third-order valence-electron chi connectivity index (χ3n) is 3.34. The predicted octanol–water partition coefficient (Wildman–Crippen LogP) is 5.38. The minimum atomic E-state index is -0.811. The summed E-state index contributed by atoms with van der Waals surface area (Å²) in [7, 11) is 0. The maximum atomic E-state index is 11.6. The molecule has 0 N–H and O–H groups in total. The Morgan fingerprint density at radius 2 is 1.88 bits per heavy atom. The lowest BCUT2D eigenvalue weighted by Gasteiger charge is -2.09. The van der Waals surface area contributed by atoms with Gasteiger partial charge in [-0.2, -0.15) is 0 Å². The van der Waals surface area contributed by atoms with Crippen LogP contribution in [-0.2, 0) is 4.74 Å². The summed E-state index contributed by atoms with van der Waals surface area (Å²) in [5.74, 6) is 0.114. The molecule has 0 aliphatic heterocycles. The Kier molecular flexibility index (Phi) is 5.26. The summed E-state index contributed by atoms with van der Waals surface area (Å²) in [6.45, 7) is 1.91. The van der Waals surface area contributed by atoms with Crippen molar-refractivity contribution >= 4 is 29.4 Å². The van der Waals surface area contributed by atoms with E-state index in [2.05, 4.69) is 5.10 Å². The molecule has 25 heavy (non-hydrogen) atoms. The summed E-state index contributed by atoms with van der Waals surface area (Å²) in [4.78, 5) is 11.6. The second kappa shape index (κ2) is 7.59. The molecule has 0 radical (unpaired) electrons. The molecule has 0 bridgehead atoms. The van der Waals surface area contributed by atoms with Crippen molar-refractivity contribution in [3.05, 3.63) is 64.6 Å². The normalized spacial score (nSPS) is 10.5. The van der Waals surface area contributed by atoms with Crippen LogP contribution in [0.15, 0.2) is 54.6 Å². The van der Waals surface area contributed by atoms with Gasteiger partial charge in [0.1, 0.15) is 0 Å². The Morgan fingerprint density at radius 1 is 1.12 bits per heavy atom. The van der Waals surface area contributed by atoms with Gasteiger partial charge in [0.15, 0.2) is 0 Å². The number of halogens is 2. The fraction of sp³-hybridized carbons (Fsp3) is 0.111. The van der Waals surface area contributed by atoms with Crippen molar-refractivity contribution in [1.82, 2.24) is 9.78 Å². The fourth-order valence-electron chi connectivity index (χ4n) is 2.29. The third kappa shape index (κ3) is 3.95. The summed E-state index contributed by atoms with van der Waals surface area (Å²) in [5, 5.41) is 5.28. The third-order valence-corrected chi connectivity index (χ3v) is 3.88. The van der Waals surface area contributed by atoms with E-state index in [1.165, 1.54) is 0 Å². The number of hydrogen-bond donors (Lipinski definition) is 0. The highest BCUT2D eigenvalue weighted by Crippen LogP contribution is 2.31. The standard InChI is InChI=1S/C18H14Cl2N2O3/c1-2-24-18(23)25-17-11-16(12-6-4-3-5-7-12)22(21-17)15-9-8-13(19)10-14(15)20/h3-11H,2H2,1H3. The lowest BCUT2D eigenvalue weighted by molar-refractivity contribution is 0.102. The van der Waals surface area contributed by atoms with Gasteiger partial charge in [-0.1, -0.05) is 53.5 Å². The van der Waals surface area contributed by atoms with Gasteiger partial charge in [-0.3, -0.25) is 0 Å². The molecule has 0 amide bonds. The average molecular weight is 377 g/mol. The first-order chi connectivity index (χ1) is 12.1. The zero-order valence-electron chi connectivity index (χ0n) is 13.3. The number of carbonyl (C=O) groups excluding carboxylic acids is 1. The number of aromatic nitrogens is 2. The highest BCUT2D eigenvalue weighted by atomic mass is 35.5. The van der Waals surface area contributed by atoms with Crippen LogP contribution in [0.1, 0.15) is 6.92 Å². The Labute approximate surface area is 154 Å². The van der Waals surface area contributed by atoms with Gasteiger partial charge in [0.2, 0.25) is 5.88 Å². The van der Waals surface area contributed by atoms with Gasteiger partial charge in [0.25, 0.3) is 0 Å². The van der Waals surface area contributed by atoms with E-state index < -0.39 is 6.16 Å². The fourth-order valence-corrected chi connectivity index (χ4v) is 2.78. The first-order valence-electron chi connectivity index (χ1n) is 7.54. The molecule has 1 aromatic heterocycles. The molecule has 0 aliphatic rings. The number of carbonyl (C=O) groups is 1. The van der Waals surface area contributed by atoms with E-state index in [1.54, 1.807) is 35.9 Å². The van der Waals surface area contributed by atoms with E-state index in [4.69, 9.17) is 32.7 Å². The quantitative estimate of drug-likeness (QED) is 0.573. The molecule has 0 fully saturated rings. The number of rotatable bonds is 4. The summed E-state index contributed by atoms with van der Waals surface area (Å²) in [5.41, 5.74) is 2.22. The van der Waals surface area contributed by atoms with E-state index in [0.29, 0.717) is 21.4 Å². The molecule has 3 rings (SSSR count). The van der Waals surface area contributed by atoms with Crippen LogP contribution < -0.4 is 4.74 Å². The average Bonchev–Trinajstić information content (AvgIpc) is 2.99. The molecule has 0 atom stereocenters. The lowest BCUT2D eigenvalue weighted by atomic mass is 10.1. The Morgan fingerprint density at radius 3 is 2.56 bits per heavy atom. The smallest absolute Gasteiger partial charge is 0.434 e. The molecule has 2 aromatic carbocycles. The summed E-state index contributed by atoms with van der Waals surface area (Å²) < 4.78 is 11.5. The molecule has 3 aromatic rings. The zero-order valence-corrected chi connectivity index (χ0v) is 14.8. The van der Waals surface area contributed by atoms with Gasteiger partial charge in [-0.25, -0.2) is 9.48 Å². The highest BCUT2D eigenvalue weighted by Gasteiger charge is 2.17. The molecule has 0 saturated heterocycles. The van der Waals surface area contributed by atoms with Gasteiger partial charge < -0.3 is 9.47 Å². The zero-order chi connectivity index (χ0) is 17.8. The summed E-state index contributed by atoms with van der Waals surface area (Å²) >= 11 is 12.3. The minimum absolute atomic E-state index is 0.114. The van der Waals surface area contributed by atoms with Crippen LogP contribution in [0.2, 0.25) is 10.0 Å². The van der Waals surface area contributed by atoms with Crippen LogP contribution >= 0.6 is 23.2 Å². The second-order valence-corrected chi connectivity index (χ2v) is 5.87. The van der Waals surface area contributed by atoms with Crippen molar-refractivity contribution in [1.29, 1.82) is 0 Å². The van der Waals surface area contributed by atoms with E-state index in [-0.39, 0.29) is 12.5 Å². The highest BCUT2D eigenvalue weighted by molar-refractivity contribution is 6.35. The van der Waals surface area contributed by atoms with Crippen LogP contribution in [0.25, 0.3) is 16.9 Å². The van der Waals surface area contributed by atoms with E-state index in [0.717, 1.165) is 5.56 Å². The van der Waals surface area contributed by atoms with E-state index >= 15 is 0 Å². The van der Waals surface area contributed by atoms with Crippen molar-refractivity contribution in [3.8, 4) is 22.8 Å². The number of hydrogen-bond acceptors (Lipinski definition) is 4. The molecule has 128 valence electrons. The van der Waals surface area contributed by atoms with E-state index in [9.17, 15) is 4.79 Å². The number of nitrogens with zero attached hydrogens (tertiary/aromatic N) is 2. The first kappa shape index (κ1) is 17.3. The molecule has 0 spiro atoms. The van der Waals surface area contributed by atoms with Gasteiger partial charge in [-0.15, -0.1) is 5.10 Å². The lowest BCUT2D eigenvalue weighted by Crippen LogP contribution is -2.10. The van der Waals surface area contributed by atoms with Gasteiger partial charge in [0, 0.05) is 16.7 Å². The topological polar surface area (TPSA) is 53.4 Å².